The molecule has 0 unspecified atom stereocenters. The molecule has 0 spiro atoms. The highest BCUT2D eigenvalue weighted by Gasteiger charge is 2.22. The fourth-order valence-corrected chi connectivity index (χ4v) is 4.56. The largest absolute Gasteiger partial charge is 0.449 e. The van der Waals surface area contributed by atoms with Crippen molar-refractivity contribution >= 4 is 16.9 Å². The van der Waals surface area contributed by atoms with Crippen LogP contribution in [0.25, 0.3) is 39.6 Å². The van der Waals surface area contributed by atoms with Crippen LogP contribution in [0.5, 0.6) is 0 Å². The summed E-state index contributed by atoms with van der Waals surface area (Å²) in [5, 5.41) is 4.59. The van der Waals surface area contributed by atoms with E-state index in [2.05, 4.69) is 57.1 Å². The molecule has 4 aromatic heterocycles. The van der Waals surface area contributed by atoms with Gasteiger partial charge in [-0.3, -0.25) is 4.98 Å². The van der Waals surface area contributed by atoms with Crippen molar-refractivity contribution in [2.45, 2.75) is 13.5 Å². The molecule has 9 heteroatoms. The van der Waals surface area contributed by atoms with Crippen LogP contribution in [-0.4, -0.2) is 70.0 Å². The molecule has 5 aromatic rings. The first-order chi connectivity index (χ1) is 18.0. The summed E-state index contributed by atoms with van der Waals surface area (Å²) in [7, 11) is 4.08. The first kappa shape index (κ1) is 23.3. The number of aryl methyl sites for hydroxylation is 1. The number of hydrogen-bond acceptors (Lipinski definition) is 8. The van der Waals surface area contributed by atoms with E-state index in [0.29, 0.717) is 36.0 Å². The number of rotatable bonds is 6. The minimum Gasteiger partial charge on any atom is -0.449 e. The van der Waals surface area contributed by atoms with E-state index in [1.165, 1.54) is 5.56 Å². The number of ether oxygens (including phenoxy) is 1. The van der Waals surface area contributed by atoms with E-state index in [1.54, 1.807) is 4.68 Å². The molecule has 5 heterocycles. The van der Waals surface area contributed by atoms with Gasteiger partial charge in [0.05, 0.1) is 19.4 Å². The highest BCUT2D eigenvalue weighted by molar-refractivity contribution is 5.88. The Labute approximate surface area is 215 Å². The third-order valence-corrected chi connectivity index (χ3v) is 6.37. The third kappa shape index (κ3) is 4.83. The average Bonchev–Trinajstić information content (AvgIpc) is 3.57. The van der Waals surface area contributed by atoms with Gasteiger partial charge < -0.3 is 19.0 Å². The van der Waals surface area contributed by atoms with E-state index in [1.807, 2.05) is 44.8 Å². The number of fused-ring (bicyclic) bond motifs is 1. The first-order valence-electron chi connectivity index (χ1n) is 12.4. The van der Waals surface area contributed by atoms with Crippen molar-refractivity contribution in [3.63, 3.8) is 0 Å². The molecule has 0 saturated carbocycles. The van der Waals surface area contributed by atoms with Gasteiger partial charge in [-0.2, -0.15) is 10.1 Å². The lowest BCUT2D eigenvalue weighted by Gasteiger charge is -2.27. The van der Waals surface area contributed by atoms with E-state index in [9.17, 15) is 0 Å². The van der Waals surface area contributed by atoms with Crippen molar-refractivity contribution in [3.05, 3.63) is 72.2 Å². The molecule has 1 aliphatic rings. The van der Waals surface area contributed by atoms with Crippen LogP contribution in [-0.2, 0) is 11.3 Å². The van der Waals surface area contributed by atoms with Gasteiger partial charge in [-0.15, -0.1) is 0 Å². The van der Waals surface area contributed by atoms with E-state index >= 15 is 0 Å². The topological polar surface area (TPSA) is 85.3 Å². The number of anilines is 1. The van der Waals surface area contributed by atoms with Crippen molar-refractivity contribution < 1.29 is 9.15 Å². The molecule has 0 bridgehead atoms. The maximum atomic E-state index is 6.33. The van der Waals surface area contributed by atoms with Gasteiger partial charge in [-0.25, -0.2) is 9.67 Å². The molecule has 0 atom stereocenters. The molecule has 0 radical (unpaired) electrons. The average molecular weight is 496 g/mol. The van der Waals surface area contributed by atoms with Crippen LogP contribution >= 0.6 is 0 Å². The molecule has 1 aromatic carbocycles. The number of aromatic nitrogens is 5. The fraction of sp³-hybridized carbons (Fsp3) is 0.286. The van der Waals surface area contributed by atoms with Gasteiger partial charge in [-0.1, -0.05) is 35.9 Å². The molecule has 1 aliphatic heterocycles. The van der Waals surface area contributed by atoms with Gasteiger partial charge in [0.15, 0.2) is 17.2 Å². The molecule has 188 valence electrons. The van der Waals surface area contributed by atoms with E-state index in [4.69, 9.17) is 19.1 Å². The van der Waals surface area contributed by atoms with E-state index in [-0.39, 0.29) is 0 Å². The maximum Gasteiger partial charge on any atom is 0.253 e. The lowest BCUT2D eigenvalue weighted by atomic mass is 10.1. The van der Waals surface area contributed by atoms with Crippen LogP contribution < -0.4 is 4.90 Å². The van der Waals surface area contributed by atoms with Gasteiger partial charge in [0, 0.05) is 43.7 Å². The molecule has 9 nitrogen and oxygen atoms in total. The zero-order valence-corrected chi connectivity index (χ0v) is 21.3. The molecule has 1 saturated heterocycles. The fourth-order valence-electron chi connectivity index (χ4n) is 4.56. The van der Waals surface area contributed by atoms with E-state index in [0.717, 1.165) is 47.8 Å². The van der Waals surface area contributed by atoms with Gasteiger partial charge in [0.2, 0.25) is 0 Å². The summed E-state index contributed by atoms with van der Waals surface area (Å²) < 4.78 is 13.6. The van der Waals surface area contributed by atoms with Gasteiger partial charge in [-0.05, 0) is 38.2 Å². The number of furan rings is 1. The van der Waals surface area contributed by atoms with Crippen molar-refractivity contribution in [1.29, 1.82) is 0 Å². The predicted octanol–water partition coefficient (Wildman–Crippen LogP) is 4.34. The number of hydrogen-bond donors (Lipinski definition) is 0. The number of benzene rings is 1. The zero-order chi connectivity index (χ0) is 25.4. The monoisotopic (exact) mass is 495 g/mol. The Morgan fingerprint density at radius 2 is 1.84 bits per heavy atom. The van der Waals surface area contributed by atoms with Crippen LogP contribution in [0.2, 0.25) is 0 Å². The second-order valence-electron chi connectivity index (χ2n) is 9.60. The van der Waals surface area contributed by atoms with Gasteiger partial charge in [0.25, 0.3) is 5.95 Å². The summed E-state index contributed by atoms with van der Waals surface area (Å²) in [5.41, 5.74) is 6.58. The highest BCUT2D eigenvalue weighted by Crippen LogP contribution is 2.33. The Bertz CT molecular complexity index is 1530. The molecule has 0 amide bonds. The summed E-state index contributed by atoms with van der Waals surface area (Å²) in [4.78, 5) is 18.7. The quantitative estimate of drug-likeness (QED) is 0.344. The van der Waals surface area contributed by atoms with Crippen LogP contribution in [0.15, 0.2) is 65.5 Å². The molecule has 0 N–H and O–H groups in total. The number of pyridine rings is 1. The summed E-state index contributed by atoms with van der Waals surface area (Å²) in [5.74, 6) is 1.90. The molecular weight excluding hydrogens is 466 g/mol. The lowest BCUT2D eigenvalue weighted by molar-refractivity contribution is 0.122. The van der Waals surface area contributed by atoms with Gasteiger partial charge in [0.1, 0.15) is 11.2 Å². The molecule has 6 rings (SSSR count). The van der Waals surface area contributed by atoms with Gasteiger partial charge >= 0.3 is 0 Å². The SMILES string of the molecule is Cc1cccc(-c2cnn(-c3nc(N4CCOCC4)c4oc(-c5ccc(CN(C)C)cn5)cc4n3)c2)c1. The Kier molecular flexibility index (Phi) is 6.15. The second kappa shape index (κ2) is 9.76. The Balaban J connectivity index is 1.41. The van der Waals surface area contributed by atoms with Crippen LogP contribution in [0.4, 0.5) is 5.82 Å². The van der Waals surface area contributed by atoms with Crippen molar-refractivity contribution in [2.75, 3.05) is 45.3 Å². The predicted molar refractivity (Wildman–Crippen MR) is 143 cm³/mol. The molecule has 37 heavy (non-hydrogen) atoms. The zero-order valence-electron chi connectivity index (χ0n) is 21.3. The smallest absolute Gasteiger partial charge is 0.253 e. The summed E-state index contributed by atoms with van der Waals surface area (Å²) in [6, 6.07) is 14.4. The summed E-state index contributed by atoms with van der Waals surface area (Å²) >= 11 is 0. The number of nitrogens with zero attached hydrogens (tertiary/aromatic N) is 7. The number of morpholine rings is 1. The van der Waals surface area contributed by atoms with E-state index < -0.39 is 0 Å². The first-order valence-corrected chi connectivity index (χ1v) is 12.4. The highest BCUT2D eigenvalue weighted by atomic mass is 16.5. The third-order valence-electron chi connectivity index (χ3n) is 6.37. The minimum absolute atomic E-state index is 0.495. The Morgan fingerprint density at radius 1 is 0.973 bits per heavy atom. The second-order valence-corrected chi connectivity index (χ2v) is 9.60. The minimum atomic E-state index is 0.495. The van der Waals surface area contributed by atoms with Crippen LogP contribution in [0, 0.1) is 6.92 Å². The normalized spacial score (nSPS) is 14.1. The van der Waals surface area contributed by atoms with Crippen LogP contribution in [0.1, 0.15) is 11.1 Å². The van der Waals surface area contributed by atoms with Crippen molar-refractivity contribution in [2.24, 2.45) is 0 Å². The molecule has 0 aliphatic carbocycles. The molecular formula is C28H29N7O2. The standard InChI is InChI=1S/C28H29N7O2/c1-19-5-4-6-21(13-19)22-16-30-35(18-22)28-31-24-14-25(23-8-7-20(15-29-23)17-33(2)3)37-26(24)27(32-28)34-9-11-36-12-10-34/h4-8,13-16,18H,9-12,17H2,1-3H3. The van der Waals surface area contributed by atoms with Crippen molar-refractivity contribution in [1.82, 2.24) is 29.6 Å². The summed E-state index contributed by atoms with van der Waals surface area (Å²) in [6.45, 7) is 5.66. The Hall–Kier alpha value is -4.08. The lowest BCUT2D eigenvalue weighted by Crippen LogP contribution is -2.37. The van der Waals surface area contributed by atoms with Crippen molar-refractivity contribution in [3.8, 4) is 28.5 Å². The molecule has 1 fully saturated rings. The summed E-state index contributed by atoms with van der Waals surface area (Å²) in [6.07, 6.45) is 5.70. The Morgan fingerprint density at radius 3 is 2.59 bits per heavy atom. The maximum absolute atomic E-state index is 6.33. The van der Waals surface area contributed by atoms with Crippen LogP contribution in [0.3, 0.4) is 0 Å².